The first-order valence-electron chi connectivity index (χ1n) is 9.53. The monoisotopic (exact) mass is 402 g/mol. The maximum absolute atomic E-state index is 11.8. The summed E-state index contributed by atoms with van der Waals surface area (Å²) in [6, 6.07) is 18.1. The number of thiophene rings is 1. The Hall–Kier alpha value is -3.25. The van der Waals surface area contributed by atoms with Crippen molar-refractivity contribution in [3.8, 4) is 11.1 Å². The van der Waals surface area contributed by atoms with Crippen LogP contribution in [-0.2, 0) is 11.3 Å². The van der Waals surface area contributed by atoms with Crippen LogP contribution in [0.4, 0.5) is 11.5 Å². The highest BCUT2D eigenvalue weighted by molar-refractivity contribution is 7.17. The van der Waals surface area contributed by atoms with E-state index in [1.165, 1.54) is 0 Å². The number of carbonyl (C=O) groups excluding carboxylic acids is 1. The van der Waals surface area contributed by atoms with E-state index in [4.69, 9.17) is 0 Å². The Morgan fingerprint density at radius 2 is 1.79 bits per heavy atom. The molecule has 2 aromatic heterocycles. The Morgan fingerprint density at radius 3 is 2.52 bits per heavy atom. The number of anilines is 2. The van der Waals surface area contributed by atoms with Crippen molar-refractivity contribution in [3.05, 3.63) is 71.9 Å². The molecule has 2 aromatic carbocycles. The zero-order valence-corrected chi connectivity index (χ0v) is 17.2. The van der Waals surface area contributed by atoms with E-state index in [2.05, 4.69) is 38.1 Å². The average Bonchev–Trinajstić information content (AvgIpc) is 3.18. The molecule has 146 valence electrons. The van der Waals surface area contributed by atoms with Gasteiger partial charge in [-0.05, 0) is 23.3 Å². The molecule has 0 saturated heterocycles. The van der Waals surface area contributed by atoms with Crippen molar-refractivity contribution in [3.63, 3.8) is 0 Å². The van der Waals surface area contributed by atoms with Gasteiger partial charge in [-0.1, -0.05) is 56.3 Å². The van der Waals surface area contributed by atoms with Crippen molar-refractivity contribution in [1.82, 2.24) is 9.97 Å². The normalized spacial score (nSPS) is 11.0. The van der Waals surface area contributed by atoms with Crippen LogP contribution in [-0.4, -0.2) is 15.9 Å². The van der Waals surface area contributed by atoms with Gasteiger partial charge < -0.3 is 10.6 Å². The smallest absolute Gasteiger partial charge is 0.226 e. The molecule has 2 heterocycles. The lowest BCUT2D eigenvalue weighted by Crippen LogP contribution is -2.17. The summed E-state index contributed by atoms with van der Waals surface area (Å²) in [5.41, 5.74) is 4.21. The first-order valence-corrected chi connectivity index (χ1v) is 10.4. The minimum Gasteiger partial charge on any atom is -0.365 e. The molecule has 0 aliphatic rings. The van der Waals surface area contributed by atoms with Gasteiger partial charge in [0.1, 0.15) is 17.0 Å². The predicted molar refractivity (Wildman–Crippen MR) is 120 cm³/mol. The number of nitrogens with one attached hydrogen (secondary N) is 2. The molecule has 0 spiro atoms. The van der Waals surface area contributed by atoms with Gasteiger partial charge >= 0.3 is 0 Å². The Balaban J connectivity index is 1.53. The quantitative estimate of drug-likeness (QED) is 0.443. The highest BCUT2D eigenvalue weighted by Gasteiger charge is 2.13. The van der Waals surface area contributed by atoms with Gasteiger partial charge in [-0.2, -0.15) is 0 Å². The van der Waals surface area contributed by atoms with Gasteiger partial charge in [0, 0.05) is 29.1 Å². The van der Waals surface area contributed by atoms with Crippen molar-refractivity contribution < 1.29 is 4.79 Å². The minimum atomic E-state index is -0.0408. The standard InChI is InChI=1S/C23H22N4OS/c1-15(2)22(28)27-18-10-8-16(9-11-18)12-24-21-20-19(17-6-4-3-5-7-17)13-29-23(20)26-14-25-21/h3-11,13-15H,12H2,1-2H3,(H,27,28)(H,24,25,26). The van der Waals surface area contributed by atoms with Gasteiger partial charge in [-0.25, -0.2) is 9.97 Å². The van der Waals surface area contributed by atoms with E-state index < -0.39 is 0 Å². The fourth-order valence-electron chi connectivity index (χ4n) is 3.02. The number of hydrogen-bond acceptors (Lipinski definition) is 5. The summed E-state index contributed by atoms with van der Waals surface area (Å²) in [7, 11) is 0. The third-order valence-electron chi connectivity index (χ3n) is 4.66. The lowest BCUT2D eigenvalue weighted by Gasteiger charge is -2.10. The molecule has 5 nitrogen and oxygen atoms in total. The van der Waals surface area contributed by atoms with E-state index in [1.54, 1.807) is 17.7 Å². The molecule has 1 amide bonds. The van der Waals surface area contributed by atoms with Crippen LogP contribution in [0, 0.1) is 5.92 Å². The highest BCUT2D eigenvalue weighted by atomic mass is 32.1. The third-order valence-corrected chi connectivity index (χ3v) is 5.55. The molecule has 2 N–H and O–H groups in total. The van der Waals surface area contributed by atoms with E-state index in [0.29, 0.717) is 6.54 Å². The third kappa shape index (κ3) is 4.27. The first kappa shape index (κ1) is 19.1. The Kier molecular flexibility index (Phi) is 5.53. The molecule has 0 bridgehead atoms. The Bertz CT molecular complexity index is 1120. The minimum absolute atomic E-state index is 0.0187. The maximum atomic E-state index is 11.8. The summed E-state index contributed by atoms with van der Waals surface area (Å²) >= 11 is 1.62. The molecule has 0 radical (unpaired) electrons. The van der Waals surface area contributed by atoms with E-state index in [1.807, 2.05) is 56.3 Å². The number of aromatic nitrogens is 2. The SMILES string of the molecule is CC(C)C(=O)Nc1ccc(CNc2ncnc3scc(-c4ccccc4)c23)cc1. The molecular formula is C23H22N4OS. The summed E-state index contributed by atoms with van der Waals surface area (Å²) in [6.45, 7) is 4.39. The Morgan fingerprint density at radius 1 is 1.03 bits per heavy atom. The van der Waals surface area contributed by atoms with Crippen molar-refractivity contribution in [2.75, 3.05) is 10.6 Å². The second kappa shape index (κ2) is 8.41. The molecule has 0 aliphatic carbocycles. The Labute approximate surface area is 173 Å². The molecule has 29 heavy (non-hydrogen) atoms. The van der Waals surface area contributed by atoms with E-state index in [-0.39, 0.29) is 11.8 Å². The van der Waals surface area contributed by atoms with Crippen LogP contribution in [0.2, 0.25) is 0 Å². The molecule has 0 unspecified atom stereocenters. The second-order valence-electron chi connectivity index (χ2n) is 7.11. The number of carbonyl (C=O) groups is 1. The first-order chi connectivity index (χ1) is 14.1. The van der Waals surface area contributed by atoms with Gasteiger partial charge in [-0.15, -0.1) is 11.3 Å². The zero-order valence-electron chi connectivity index (χ0n) is 16.3. The zero-order chi connectivity index (χ0) is 20.2. The highest BCUT2D eigenvalue weighted by Crippen LogP contribution is 2.36. The van der Waals surface area contributed by atoms with E-state index >= 15 is 0 Å². The second-order valence-corrected chi connectivity index (χ2v) is 7.97. The van der Waals surface area contributed by atoms with Crippen LogP contribution in [0.15, 0.2) is 66.3 Å². The molecule has 0 fully saturated rings. The average molecular weight is 403 g/mol. The van der Waals surface area contributed by atoms with E-state index in [9.17, 15) is 4.79 Å². The summed E-state index contributed by atoms with van der Waals surface area (Å²) in [5.74, 6) is 0.804. The number of amides is 1. The van der Waals surface area contributed by atoms with Gasteiger partial charge in [0.05, 0.1) is 5.39 Å². The lowest BCUT2D eigenvalue weighted by atomic mass is 10.1. The molecule has 6 heteroatoms. The number of nitrogens with zero attached hydrogens (tertiary/aromatic N) is 2. The number of rotatable bonds is 6. The molecule has 4 aromatic rings. The van der Waals surface area contributed by atoms with E-state index in [0.717, 1.165) is 38.4 Å². The summed E-state index contributed by atoms with van der Waals surface area (Å²) < 4.78 is 0. The van der Waals surface area contributed by atoms with Gasteiger partial charge in [0.15, 0.2) is 0 Å². The van der Waals surface area contributed by atoms with Crippen LogP contribution in [0.3, 0.4) is 0 Å². The molecule has 0 atom stereocenters. The molecule has 0 aliphatic heterocycles. The fourth-order valence-corrected chi connectivity index (χ4v) is 3.93. The van der Waals surface area contributed by atoms with Gasteiger partial charge in [0.2, 0.25) is 5.91 Å². The largest absolute Gasteiger partial charge is 0.365 e. The number of benzene rings is 2. The fraction of sp³-hybridized carbons (Fsp3) is 0.174. The van der Waals surface area contributed by atoms with Crippen LogP contribution < -0.4 is 10.6 Å². The summed E-state index contributed by atoms with van der Waals surface area (Å²) in [6.07, 6.45) is 1.60. The van der Waals surface area contributed by atoms with Crippen molar-refractivity contribution >= 4 is 39.0 Å². The summed E-state index contributed by atoms with van der Waals surface area (Å²) in [4.78, 5) is 21.7. The van der Waals surface area contributed by atoms with Crippen LogP contribution in [0.5, 0.6) is 0 Å². The van der Waals surface area contributed by atoms with Crippen molar-refractivity contribution in [1.29, 1.82) is 0 Å². The molecule has 0 saturated carbocycles. The van der Waals surface area contributed by atoms with Gasteiger partial charge in [0.25, 0.3) is 0 Å². The van der Waals surface area contributed by atoms with Crippen LogP contribution in [0.25, 0.3) is 21.3 Å². The number of fused-ring (bicyclic) bond motifs is 1. The van der Waals surface area contributed by atoms with Crippen molar-refractivity contribution in [2.45, 2.75) is 20.4 Å². The predicted octanol–water partition coefficient (Wildman–Crippen LogP) is 5.56. The summed E-state index contributed by atoms with van der Waals surface area (Å²) in [5, 5.41) is 9.53. The maximum Gasteiger partial charge on any atom is 0.226 e. The topological polar surface area (TPSA) is 66.9 Å². The van der Waals surface area contributed by atoms with Crippen LogP contribution in [0.1, 0.15) is 19.4 Å². The van der Waals surface area contributed by atoms with Crippen molar-refractivity contribution in [2.24, 2.45) is 5.92 Å². The molecule has 4 rings (SSSR count). The number of hydrogen-bond donors (Lipinski definition) is 2. The van der Waals surface area contributed by atoms with Crippen LogP contribution >= 0.6 is 11.3 Å². The van der Waals surface area contributed by atoms with Gasteiger partial charge in [-0.3, -0.25) is 4.79 Å². The lowest BCUT2D eigenvalue weighted by molar-refractivity contribution is -0.118. The molecular weight excluding hydrogens is 380 g/mol.